The van der Waals surface area contributed by atoms with Crippen molar-refractivity contribution in [3.05, 3.63) is 41.9 Å². The van der Waals surface area contributed by atoms with Crippen molar-refractivity contribution in [2.24, 2.45) is 7.05 Å². The third-order valence-electron chi connectivity index (χ3n) is 3.40. The molecule has 1 unspecified atom stereocenters. The Kier molecular flexibility index (Phi) is 4.20. The largest absolute Gasteiger partial charge is 0.469 e. The van der Waals surface area contributed by atoms with E-state index in [-0.39, 0.29) is 0 Å². The number of aryl methyl sites for hydroxylation is 3. The van der Waals surface area contributed by atoms with Crippen LogP contribution in [0.5, 0.6) is 0 Å². The molecule has 1 atom stereocenters. The molecule has 0 aromatic carbocycles. The van der Waals surface area contributed by atoms with E-state index in [1.807, 2.05) is 26.5 Å². The zero-order valence-corrected chi connectivity index (χ0v) is 11.3. The van der Waals surface area contributed by atoms with Gasteiger partial charge < -0.3 is 14.3 Å². The van der Waals surface area contributed by atoms with Gasteiger partial charge in [-0.25, -0.2) is 4.98 Å². The minimum absolute atomic E-state index is 0.329. The summed E-state index contributed by atoms with van der Waals surface area (Å²) in [7, 11) is 4.03. The van der Waals surface area contributed by atoms with Crippen LogP contribution in [0.2, 0.25) is 0 Å². The van der Waals surface area contributed by atoms with Gasteiger partial charge in [0.2, 0.25) is 0 Å². The standard InChI is InChI=1S/C14H21N3O/c1-4-13-11(7-10-18-13)12(15-2)5-6-14-16-8-9-17(14)3/h7-10,12,15H,4-6H2,1-3H3. The first-order valence-electron chi connectivity index (χ1n) is 6.46. The summed E-state index contributed by atoms with van der Waals surface area (Å²) in [4.78, 5) is 4.36. The molecule has 0 amide bonds. The van der Waals surface area contributed by atoms with Crippen molar-refractivity contribution in [1.82, 2.24) is 14.9 Å². The predicted molar refractivity (Wildman–Crippen MR) is 71.4 cm³/mol. The van der Waals surface area contributed by atoms with Crippen LogP contribution in [0, 0.1) is 0 Å². The predicted octanol–water partition coefficient (Wildman–Crippen LogP) is 2.47. The second kappa shape index (κ2) is 5.87. The average molecular weight is 247 g/mol. The van der Waals surface area contributed by atoms with E-state index in [1.165, 1.54) is 5.56 Å². The Morgan fingerprint density at radius 1 is 1.50 bits per heavy atom. The molecule has 4 heteroatoms. The molecule has 0 saturated heterocycles. The zero-order valence-electron chi connectivity index (χ0n) is 11.3. The van der Waals surface area contributed by atoms with Crippen LogP contribution in [0.1, 0.15) is 36.5 Å². The Bertz CT molecular complexity index is 487. The Morgan fingerprint density at radius 2 is 2.33 bits per heavy atom. The SMILES string of the molecule is CCc1occc1C(CCc1nccn1C)NC. The minimum atomic E-state index is 0.329. The van der Waals surface area contributed by atoms with E-state index in [2.05, 4.69) is 27.9 Å². The normalized spacial score (nSPS) is 12.8. The number of nitrogens with one attached hydrogen (secondary N) is 1. The first kappa shape index (κ1) is 12.9. The molecule has 0 aliphatic rings. The summed E-state index contributed by atoms with van der Waals surface area (Å²) in [6, 6.07) is 2.40. The smallest absolute Gasteiger partial charge is 0.108 e. The highest BCUT2D eigenvalue weighted by Gasteiger charge is 2.16. The van der Waals surface area contributed by atoms with Crippen LogP contribution in [-0.4, -0.2) is 16.6 Å². The van der Waals surface area contributed by atoms with Gasteiger partial charge in [-0.1, -0.05) is 6.92 Å². The van der Waals surface area contributed by atoms with E-state index >= 15 is 0 Å². The number of imidazole rings is 1. The average Bonchev–Trinajstić information content (AvgIpc) is 2.99. The fourth-order valence-electron chi connectivity index (χ4n) is 2.31. The molecule has 0 spiro atoms. The molecule has 2 rings (SSSR count). The fraction of sp³-hybridized carbons (Fsp3) is 0.500. The lowest BCUT2D eigenvalue weighted by Crippen LogP contribution is -2.18. The third-order valence-corrected chi connectivity index (χ3v) is 3.40. The van der Waals surface area contributed by atoms with Crippen molar-refractivity contribution < 1.29 is 4.42 Å². The zero-order chi connectivity index (χ0) is 13.0. The second-order valence-electron chi connectivity index (χ2n) is 4.49. The van der Waals surface area contributed by atoms with Crippen molar-refractivity contribution >= 4 is 0 Å². The topological polar surface area (TPSA) is 43.0 Å². The van der Waals surface area contributed by atoms with Crippen LogP contribution in [0.3, 0.4) is 0 Å². The number of furan rings is 1. The van der Waals surface area contributed by atoms with Crippen LogP contribution in [0.15, 0.2) is 29.1 Å². The fourth-order valence-corrected chi connectivity index (χ4v) is 2.31. The van der Waals surface area contributed by atoms with Gasteiger partial charge in [0.1, 0.15) is 11.6 Å². The maximum atomic E-state index is 5.50. The number of rotatable bonds is 6. The molecular weight excluding hydrogens is 226 g/mol. The number of hydrogen-bond donors (Lipinski definition) is 1. The Morgan fingerprint density at radius 3 is 2.94 bits per heavy atom. The molecular formula is C14H21N3O. The van der Waals surface area contributed by atoms with Crippen LogP contribution in [0.4, 0.5) is 0 Å². The van der Waals surface area contributed by atoms with Gasteiger partial charge in [-0.05, 0) is 19.5 Å². The van der Waals surface area contributed by atoms with Crippen LogP contribution in [0.25, 0.3) is 0 Å². The summed E-state index contributed by atoms with van der Waals surface area (Å²) in [6.07, 6.45) is 8.53. The highest BCUT2D eigenvalue weighted by Crippen LogP contribution is 2.23. The molecule has 4 nitrogen and oxygen atoms in total. The molecule has 0 saturated carbocycles. The van der Waals surface area contributed by atoms with Crippen molar-refractivity contribution in [2.45, 2.75) is 32.2 Å². The van der Waals surface area contributed by atoms with Gasteiger partial charge in [-0.2, -0.15) is 0 Å². The summed E-state index contributed by atoms with van der Waals surface area (Å²) in [5.41, 5.74) is 1.27. The van der Waals surface area contributed by atoms with Crippen LogP contribution in [-0.2, 0) is 19.9 Å². The summed E-state index contributed by atoms with van der Waals surface area (Å²) < 4.78 is 7.57. The Balaban J connectivity index is 2.04. The monoisotopic (exact) mass is 247 g/mol. The molecule has 2 aromatic heterocycles. The van der Waals surface area contributed by atoms with Crippen molar-refractivity contribution in [3.8, 4) is 0 Å². The molecule has 1 N–H and O–H groups in total. The van der Waals surface area contributed by atoms with Gasteiger partial charge in [0.25, 0.3) is 0 Å². The van der Waals surface area contributed by atoms with Gasteiger partial charge >= 0.3 is 0 Å². The van der Waals surface area contributed by atoms with Gasteiger partial charge in [-0.15, -0.1) is 0 Å². The number of nitrogens with zero attached hydrogens (tertiary/aromatic N) is 2. The molecule has 2 heterocycles. The first-order valence-corrected chi connectivity index (χ1v) is 6.46. The summed E-state index contributed by atoms with van der Waals surface area (Å²) in [5, 5.41) is 3.36. The van der Waals surface area contributed by atoms with Gasteiger partial charge in [0, 0.05) is 43.9 Å². The van der Waals surface area contributed by atoms with Crippen LogP contribution >= 0.6 is 0 Å². The van der Waals surface area contributed by atoms with Gasteiger partial charge in [0.05, 0.1) is 6.26 Å². The van der Waals surface area contributed by atoms with Crippen LogP contribution < -0.4 is 5.32 Å². The molecule has 98 valence electrons. The van der Waals surface area contributed by atoms with Crippen molar-refractivity contribution in [3.63, 3.8) is 0 Å². The maximum Gasteiger partial charge on any atom is 0.108 e. The van der Waals surface area contributed by atoms with Crippen molar-refractivity contribution in [2.75, 3.05) is 7.05 Å². The highest BCUT2D eigenvalue weighted by atomic mass is 16.3. The molecule has 0 fully saturated rings. The van der Waals surface area contributed by atoms with E-state index in [9.17, 15) is 0 Å². The lowest BCUT2D eigenvalue weighted by Gasteiger charge is -2.15. The molecule has 18 heavy (non-hydrogen) atoms. The number of aromatic nitrogens is 2. The van der Waals surface area contributed by atoms with E-state index in [4.69, 9.17) is 4.42 Å². The second-order valence-corrected chi connectivity index (χ2v) is 4.49. The molecule has 0 radical (unpaired) electrons. The summed E-state index contributed by atoms with van der Waals surface area (Å²) >= 11 is 0. The Hall–Kier alpha value is -1.55. The Labute approximate surface area is 108 Å². The third kappa shape index (κ3) is 2.64. The van der Waals surface area contributed by atoms with Gasteiger partial charge in [0.15, 0.2) is 0 Å². The summed E-state index contributed by atoms with van der Waals surface area (Å²) in [6.45, 7) is 2.12. The van der Waals surface area contributed by atoms with E-state index in [0.29, 0.717) is 6.04 Å². The molecule has 0 bridgehead atoms. The molecule has 2 aromatic rings. The lowest BCUT2D eigenvalue weighted by molar-refractivity contribution is 0.483. The van der Waals surface area contributed by atoms with Gasteiger partial charge in [-0.3, -0.25) is 0 Å². The maximum absolute atomic E-state index is 5.50. The van der Waals surface area contributed by atoms with E-state index in [1.54, 1.807) is 6.26 Å². The number of hydrogen-bond acceptors (Lipinski definition) is 3. The first-order chi connectivity index (χ1) is 8.76. The molecule has 0 aliphatic carbocycles. The minimum Gasteiger partial charge on any atom is -0.469 e. The quantitative estimate of drug-likeness (QED) is 0.852. The van der Waals surface area contributed by atoms with E-state index in [0.717, 1.165) is 30.8 Å². The summed E-state index contributed by atoms with van der Waals surface area (Å²) in [5.74, 6) is 2.20. The van der Waals surface area contributed by atoms with E-state index < -0.39 is 0 Å². The highest BCUT2D eigenvalue weighted by molar-refractivity contribution is 5.21. The molecule has 0 aliphatic heterocycles. The van der Waals surface area contributed by atoms with Crippen molar-refractivity contribution in [1.29, 1.82) is 0 Å². The lowest BCUT2D eigenvalue weighted by atomic mass is 10.0.